The van der Waals surface area contributed by atoms with Crippen LogP contribution in [0.4, 0.5) is 0 Å². The number of rotatable bonds is 4. The van der Waals surface area contributed by atoms with Crippen molar-refractivity contribution in [3.63, 3.8) is 0 Å². The van der Waals surface area contributed by atoms with E-state index in [2.05, 4.69) is 10.2 Å². The number of hydrogen-bond donors (Lipinski definition) is 1. The Morgan fingerprint density at radius 1 is 1.29 bits per heavy atom. The van der Waals surface area contributed by atoms with Gasteiger partial charge in [-0.3, -0.25) is 4.79 Å². The normalized spacial score (nSPS) is 25.3. The molecule has 0 bridgehead atoms. The van der Waals surface area contributed by atoms with E-state index in [1.165, 1.54) is 12.8 Å². The largest absolute Gasteiger partial charge is 0.494 e. The van der Waals surface area contributed by atoms with E-state index < -0.39 is 0 Å². The molecule has 114 valence electrons. The quantitative estimate of drug-likeness (QED) is 0.925. The van der Waals surface area contributed by atoms with Crippen molar-refractivity contribution in [3.8, 4) is 5.75 Å². The highest BCUT2D eigenvalue weighted by Crippen LogP contribution is 2.26. The second kappa shape index (κ2) is 6.48. The molecule has 2 heterocycles. The van der Waals surface area contributed by atoms with E-state index in [1.807, 2.05) is 31.2 Å². The van der Waals surface area contributed by atoms with E-state index in [9.17, 15) is 4.79 Å². The van der Waals surface area contributed by atoms with Crippen molar-refractivity contribution in [1.82, 2.24) is 10.2 Å². The molecule has 2 fully saturated rings. The van der Waals surface area contributed by atoms with Gasteiger partial charge in [0, 0.05) is 24.2 Å². The molecule has 0 saturated carbocycles. The predicted octanol–water partition coefficient (Wildman–Crippen LogP) is 2.44. The molecule has 2 unspecified atom stereocenters. The van der Waals surface area contributed by atoms with Crippen molar-refractivity contribution < 1.29 is 9.53 Å². The van der Waals surface area contributed by atoms with Crippen LogP contribution in [-0.4, -0.2) is 42.6 Å². The van der Waals surface area contributed by atoms with Crippen LogP contribution in [0.3, 0.4) is 0 Å². The van der Waals surface area contributed by atoms with Crippen LogP contribution in [0.2, 0.25) is 0 Å². The van der Waals surface area contributed by atoms with Gasteiger partial charge in [-0.1, -0.05) is 0 Å². The zero-order valence-electron chi connectivity index (χ0n) is 12.7. The number of carbonyl (C=O) groups is 1. The molecular formula is C17H24N2O2. The van der Waals surface area contributed by atoms with E-state index in [4.69, 9.17) is 4.74 Å². The molecule has 3 rings (SSSR count). The lowest BCUT2D eigenvalue weighted by molar-refractivity contribution is 0.0711. The Balaban J connectivity index is 1.71. The maximum Gasteiger partial charge on any atom is 0.254 e. The van der Waals surface area contributed by atoms with Crippen molar-refractivity contribution in [2.45, 2.75) is 44.7 Å². The van der Waals surface area contributed by atoms with Gasteiger partial charge >= 0.3 is 0 Å². The van der Waals surface area contributed by atoms with Gasteiger partial charge in [0.25, 0.3) is 5.91 Å². The number of amides is 1. The summed E-state index contributed by atoms with van der Waals surface area (Å²) in [4.78, 5) is 14.8. The van der Waals surface area contributed by atoms with Crippen molar-refractivity contribution in [2.75, 3.05) is 19.7 Å². The fourth-order valence-electron chi connectivity index (χ4n) is 3.53. The summed E-state index contributed by atoms with van der Waals surface area (Å²) in [6.45, 7) is 4.58. The molecule has 0 aromatic heterocycles. The average molecular weight is 288 g/mol. The summed E-state index contributed by atoms with van der Waals surface area (Å²) in [6.07, 6.45) is 4.66. The summed E-state index contributed by atoms with van der Waals surface area (Å²) in [6, 6.07) is 8.38. The van der Waals surface area contributed by atoms with Gasteiger partial charge in [0.2, 0.25) is 0 Å². The van der Waals surface area contributed by atoms with E-state index in [1.54, 1.807) is 0 Å². The number of hydrogen-bond acceptors (Lipinski definition) is 3. The molecule has 1 N–H and O–H groups in total. The topological polar surface area (TPSA) is 41.6 Å². The number of benzene rings is 1. The molecule has 1 aromatic rings. The SMILES string of the molecule is CCOc1ccc(C(=O)N2CCCC2C2CCCN2)cc1. The molecule has 0 aliphatic carbocycles. The van der Waals surface area contributed by atoms with Gasteiger partial charge in [-0.05, 0) is 63.4 Å². The van der Waals surface area contributed by atoms with Crippen LogP contribution in [0.25, 0.3) is 0 Å². The third-order valence-corrected chi connectivity index (χ3v) is 4.54. The van der Waals surface area contributed by atoms with E-state index in [0.29, 0.717) is 18.7 Å². The van der Waals surface area contributed by atoms with Crippen LogP contribution >= 0.6 is 0 Å². The fourth-order valence-corrected chi connectivity index (χ4v) is 3.53. The van der Waals surface area contributed by atoms with Crippen molar-refractivity contribution in [2.24, 2.45) is 0 Å². The lowest BCUT2D eigenvalue weighted by Gasteiger charge is -2.29. The Kier molecular flexibility index (Phi) is 4.44. The van der Waals surface area contributed by atoms with Gasteiger partial charge in [0.1, 0.15) is 5.75 Å². The third kappa shape index (κ3) is 3.05. The monoisotopic (exact) mass is 288 g/mol. The van der Waals surface area contributed by atoms with Gasteiger partial charge in [0.05, 0.1) is 6.61 Å². The van der Waals surface area contributed by atoms with Crippen LogP contribution in [0.5, 0.6) is 5.75 Å². The summed E-state index contributed by atoms with van der Waals surface area (Å²) in [5.74, 6) is 0.985. The van der Waals surface area contributed by atoms with E-state index >= 15 is 0 Å². The minimum atomic E-state index is 0.161. The van der Waals surface area contributed by atoms with E-state index in [-0.39, 0.29) is 5.91 Å². The molecule has 2 atom stereocenters. The van der Waals surface area contributed by atoms with Gasteiger partial charge < -0.3 is 15.0 Å². The second-order valence-electron chi connectivity index (χ2n) is 5.87. The average Bonchev–Trinajstić information content (AvgIpc) is 3.18. The first-order valence-electron chi connectivity index (χ1n) is 8.07. The van der Waals surface area contributed by atoms with Gasteiger partial charge in [-0.2, -0.15) is 0 Å². The molecule has 2 saturated heterocycles. The first-order chi connectivity index (χ1) is 10.3. The standard InChI is InChI=1S/C17H24N2O2/c1-2-21-14-9-7-13(8-10-14)17(20)19-12-4-6-16(19)15-5-3-11-18-15/h7-10,15-16,18H,2-6,11-12H2,1H3. The zero-order chi connectivity index (χ0) is 14.7. The van der Waals surface area contributed by atoms with Crippen molar-refractivity contribution >= 4 is 5.91 Å². The molecule has 2 aliphatic rings. The Morgan fingerprint density at radius 2 is 2.10 bits per heavy atom. The number of carbonyl (C=O) groups excluding carboxylic acids is 1. The van der Waals surface area contributed by atoms with Crippen LogP contribution in [-0.2, 0) is 0 Å². The first kappa shape index (κ1) is 14.4. The Labute approximate surface area is 126 Å². The molecule has 4 heteroatoms. The van der Waals surface area contributed by atoms with E-state index in [0.717, 1.165) is 37.2 Å². The summed E-state index contributed by atoms with van der Waals surface area (Å²) >= 11 is 0. The molecule has 2 aliphatic heterocycles. The number of nitrogens with zero attached hydrogens (tertiary/aromatic N) is 1. The van der Waals surface area contributed by atoms with Crippen molar-refractivity contribution in [1.29, 1.82) is 0 Å². The van der Waals surface area contributed by atoms with Crippen LogP contribution < -0.4 is 10.1 Å². The molecule has 4 nitrogen and oxygen atoms in total. The summed E-state index contributed by atoms with van der Waals surface area (Å²) in [5.41, 5.74) is 0.767. The molecule has 1 amide bonds. The first-order valence-corrected chi connectivity index (χ1v) is 8.07. The molecule has 0 spiro atoms. The lowest BCUT2D eigenvalue weighted by atomic mass is 10.0. The lowest BCUT2D eigenvalue weighted by Crippen LogP contribution is -2.46. The predicted molar refractivity (Wildman–Crippen MR) is 82.7 cm³/mol. The Hall–Kier alpha value is -1.55. The fraction of sp³-hybridized carbons (Fsp3) is 0.588. The Morgan fingerprint density at radius 3 is 2.76 bits per heavy atom. The third-order valence-electron chi connectivity index (χ3n) is 4.54. The minimum Gasteiger partial charge on any atom is -0.494 e. The molecule has 21 heavy (non-hydrogen) atoms. The van der Waals surface area contributed by atoms with Crippen LogP contribution in [0.15, 0.2) is 24.3 Å². The van der Waals surface area contributed by atoms with Crippen LogP contribution in [0.1, 0.15) is 43.0 Å². The van der Waals surface area contributed by atoms with Crippen LogP contribution in [0, 0.1) is 0 Å². The summed E-state index contributed by atoms with van der Waals surface area (Å²) in [7, 11) is 0. The highest BCUT2D eigenvalue weighted by molar-refractivity contribution is 5.94. The number of likely N-dealkylation sites (tertiary alicyclic amines) is 1. The number of nitrogens with one attached hydrogen (secondary N) is 1. The smallest absolute Gasteiger partial charge is 0.254 e. The van der Waals surface area contributed by atoms with Crippen molar-refractivity contribution in [3.05, 3.63) is 29.8 Å². The van der Waals surface area contributed by atoms with Gasteiger partial charge in [-0.25, -0.2) is 0 Å². The molecular weight excluding hydrogens is 264 g/mol. The van der Waals surface area contributed by atoms with Gasteiger partial charge in [-0.15, -0.1) is 0 Å². The highest BCUT2D eigenvalue weighted by atomic mass is 16.5. The van der Waals surface area contributed by atoms with Gasteiger partial charge in [0.15, 0.2) is 0 Å². The second-order valence-corrected chi connectivity index (χ2v) is 5.87. The maximum atomic E-state index is 12.7. The number of ether oxygens (including phenoxy) is 1. The Bertz CT molecular complexity index is 480. The minimum absolute atomic E-state index is 0.161. The molecule has 0 radical (unpaired) electrons. The highest BCUT2D eigenvalue weighted by Gasteiger charge is 2.36. The maximum absolute atomic E-state index is 12.7. The zero-order valence-corrected chi connectivity index (χ0v) is 12.7. The summed E-state index contributed by atoms with van der Waals surface area (Å²) in [5, 5.41) is 3.55. The molecule has 1 aromatic carbocycles. The summed E-state index contributed by atoms with van der Waals surface area (Å²) < 4.78 is 5.43.